The monoisotopic (exact) mass is 179 g/mol. The number of hydrogen-bond donors (Lipinski definition) is 5. The second-order valence-electron chi connectivity index (χ2n) is 2.48. The minimum absolute atomic E-state index is 0.649. The van der Waals surface area contributed by atoms with Crippen molar-refractivity contribution < 1.29 is 25.6 Å². The zero-order valence-electron chi connectivity index (χ0n) is 6.57. The van der Waals surface area contributed by atoms with Gasteiger partial charge in [-0.25, -0.2) is 0 Å². The maximum absolute atomic E-state index is 9.03. The molecule has 0 aromatic carbocycles. The molecular weight excluding hydrogens is 166 g/mol. The topological polar surface area (TPSA) is 114 Å². The first-order valence-electron chi connectivity index (χ1n) is 3.40. The van der Waals surface area contributed by atoms with Crippen molar-refractivity contribution in [3.8, 4) is 0 Å². The number of oxime groups is 1. The summed E-state index contributed by atoms with van der Waals surface area (Å²) in [5.41, 5.74) is 0. The number of aliphatic hydroxyl groups excluding tert-OH is 4. The predicted octanol–water partition coefficient (Wildman–Crippen LogP) is -2.09. The Balaban J connectivity index is 4.08. The van der Waals surface area contributed by atoms with Gasteiger partial charge in [-0.15, -0.1) is 0 Å². The van der Waals surface area contributed by atoms with E-state index >= 15 is 0 Å². The van der Waals surface area contributed by atoms with Crippen LogP contribution in [0.3, 0.4) is 0 Å². The molecule has 0 heterocycles. The van der Waals surface area contributed by atoms with Crippen LogP contribution in [0.15, 0.2) is 5.16 Å². The van der Waals surface area contributed by atoms with Crippen molar-refractivity contribution in [2.45, 2.75) is 31.3 Å². The second-order valence-corrected chi connectivity index (χ2v) is 2.48. The Morgan fingerprint density at radius 3 is 1.92 bits per heavy atom. The fraction of sp³-hybridized carbons (Fsp3) is 0.833. The van der Waals surface area contributed by atoms with Gasteiger partial charge in [-0.3, -0.25) is 0 Å². The quantitative estimate of drug-likeness (QED) is 0.193. The summed E-state index contributed by atoms with van der Waals surface area (Å²) < 4.78 is 0. The van der Waals surface area contributed by atoms with Crippen LogP contribution in [0.4, 0.5) is 0 Å². The maximum atomic E-state index is 9.03. The summed E-state index contributed by atoms with van der Waals surface area (Å²) >= 11 is 0. The molecule has 0 bridgehead atoms. The Morgan fingerprint density at radius 1 is 1.08 bits per heavy atom. The van der Waals surface area contributed by atoms with Crippen LogP contribution >= 0.6 is 0 Å². The summed E-state index contributed by atoms with van der Waals surface area (Å²) in [7, 11) is 0. The highest BCUT2D eigenvalue weighted by Gasteiger charge is 2.26. The maximum Gasteiger partial charge on any atom is 0.121 e. The molecule has 0 spiro atoms. The molecule has 0 aliphatic heterocycles. The first-order valence-corrected chi connectivity index (χ1v) is 3.40. The van der Waals surface area contributed by atoms with E-state index in [0.717, 1.165) is 0 Å². The van der Waals surface area contributed by atoms with E-state index in [4.69, 9.17) is 25.6 Å². The molecule has 0 radical (unpaired) electrons. The van der Waals surface area contributed by atoms with Crippen molar-refractivity contribution in [2.24, 2.45) is 5.16 Å². The molecule has 4 atom stereocenters. The molecule has 12 heavy (non-hydrogen) atoms. The summed E-state index contributed by atoms with van der Waals surface area (Å²) in [6, 6.07) is 0. The van der Waals surface area contributed by atoms with E-state index in [1.165, 1.54) is 6.92 Å². The van der Waals surface area contributed by atoms with Crippen LogP contribution in [0.5, 0.6) is 0 Å². The molecule has 0 aliphatic carbocycles. The fourth-order valence-corrected chi connectivity index (χ4v) is 0.644. The third-order valence-electron chi connectivity index (χ3n) is 1.41. The van der Waals surface area contributed by atoms with Crippen LogP contribution in [-0.2, 0) is 0 Å². The van der Waals surface area contributed by atoms with Gasteiger partial charge in [0.05, 0.1) is 12.3 Å². The van der Waals surface area contributed by atoms with Gasteiger partial charge < -0.3 is 25.6 Å². The Hall–Kier alpha value is -0.690. The van der Waals surface area contributed by atoms with Crippen molar-refractivity contribution >= 4 is 6.21 Å². The molecule has 6 heteroatoms. The third-order valence-corrected chi connectivity index (χ3v) is 1.41. The summed E-state index contributed by atoms with van der Waals surface area (Å²) in [5, 5.41) is 46.1. The lowest BCUT2D eigenvalue weighted by Crippen LogP contribution is -2.43. The molecule has 72 valence electrons. The van der Waals surface area contributed by atoms with Crippen molar-refractivity contribution in [2.75, 3.05) is 0 Å². The minimum atomic E-state index is -1.57. The van der Waals surface area contributed by atoms with E-state index in [0.29, 0.717) is 6.21 Å². The van der Waals surface area contributed by atoms with Crippen LogP contribution < -0.4 is 0 Å². The first-order chi connectivity index (χ1) is 5.50. The lowest BCUT2D eigenvalue weighted by molar-refractivity contribution is -0.0824. The normalized spacial score (nSPS) is 22.1. The average Bonchev–Trinajstić information content (AvgIpc) is 2.02. The van der Waals surface area contributed by atoms with Gasteiger partial charge in [-0.1, -0.05) is 5.16 Å². The first kappa shape index (κ1) is 11.3. The molecule has 0 aromatic rings. The molecule has 0 fully saturated rings. The van der Waals surface area contributed by atoms with E-state index in [2.05, 4.69) is 5.16 Å². The largest absolute Gasteiger partial charge is 0.411 e. The van der Waals surface area contributed by atoms with Gasteiger partial charge in [0.2, 0.25) is 0 Å². The van der Waals surface area contributed by atoms with Crippen molar-refractivity contribution in [3.63, 3.8) is 0 Å². The summed E-state index contributed by atoms with van der Waals surface area (Å²) in [6.07, 6.45) is -5.06. The second kappa shape index (κ2) is 5.04. The molecule has 0 aromatic heterocycles. The summed E-state index contributed by atoms with van der Waals surface area (Å²) in [4.78, 5) is 0. The smallest absolute Gasteiger partial charge is 0.121 e. The number of hydrogen-bond acceptors (Lipinski definition) is 6. The highest BCUT2D eigenvalue weighted by atomic mass is 16.4. The number of rotatable bonds is 4. The van der Waals surface area contributed by atoms with Gasteiger partial charge in [0.1, 0.15) is 18.3 Å². The average molecular weight is 179 g/mol. The molecule has 0 aliphatic rings. The number of aliphatic hydroxyl groups is 4. The standard InChI is InChI=1S/C6H13NO5/c1-3(8)5(10)6(11)4(9)2-7-12/h2-6,8-12H,1H3/t3-,4+,5+,6-/m1/s1. The predicted molar refractivity (Wildman–Crippen MR) is 40.0 cm³/mol. The van der Waals surface area contributed by atoms with E-state index in [1.54, 1.807) is 0 Å². The minimum Gasteiger partial charge on any atom is -0.411 e. The zero-order valence-corrected chi connectivity index (χ0v) is 6.57. The van der Waals surface area contributed by atoms with Gasteiger partial charge >= 0.3 is 0 Å². The zero-order chi connectivity index (χ0) is 9.72. The van der Waals surface area contributed by atoms with Crippen LogP contribution in [-0.4, -0.2) is 56.3 Å². The lowest BCUT2D eigenvalue weighted by Gasteiger charge is -2.21. The molecule has 0 unspecified atom stereocenters. The lowest BCUT2D eigenvalue weighted by atomic mass is 10.1. The highest BCUT2D eigenvalue weighted by molar-refractivity contribution is 5.62. The molecular formula is C6H13NO5. The molecule has 5 N–H and O–H groups in total. The van der Waals surface area contributed by atoms with E-state index in [-0.39, 0.29) is 0 Å². The van der Waals surface area contributed by atoms with E-state index in [1.807, 2.05) is 0 Å². The van der Waals surface area contributed by atoms with Crippen LogP contribution in [0.25, 0.3) is 0 Å². The Morgan fingerprint density at radius 2 is 1.58 bits per heavy atom. The summed E-state index contributed by atoms with van der Waals surface area (Å²) in [5.74, 6) is 0. The van der Waals surface area contributed by atoms with Crippen molar-refractivity contribution in [3.05, 3.63) is 0 Å². The van der Waals surface area contributed by atoms with Crippen LogP contribution in [0.1, 0.15) is 6.92 Å². The van der Waals surface area contributed by atoms with Gasteiger partial charge in [0.15, 0.2) is 0 Å². The highest BCUT2D eigenvalue weighted by Crippen LogP contribution is 2.02. The molecule has 0 amide bonds. The number of nitrogens with zero attached hydrogens (tertiary/aromatic N) is 1. The SMILES string of the molecule is C[C@@H](O)[C@H](O)[C@H](O)[C@@H](O)C=NO. The molecule has 0 saturated carbocycles. The van der Waals surface area contributed by atoms with Crippen molar-refractivity contribution in [1.82, 2.24) is 0 Å². The Labute approximate surface area is 69.4 Å². The Bertz CT molecular complexity index is 149. The fourth-order valence-electron chi connectivity index (χ4n) is 0.644. The molecule has 6 nitrogen and oxygen atoms in total. The van der Waals surface area contributed by atoms with Gasteiger partial charge in [-0.2, -0.15) is 0 Å². The van der Waals surface area contributed by atoms with Gasteiger partial charge in [-0.05, 0) is 6.92 Å². The van der Waals surface area contributed by atoms with E-state index in [9.17, 15) is 0 Å². The Kier molecular flexibility index (Phi) is 4.75. The summed E-state index contributed by atoms with van der Waals surface area (Å²) in [6.45, 7) is 1.26. The van der Waals surface area contributed by atoms with Crippen LogP contribution in [0, 0.1) is 0 Å². The van der Waals surface area contributed by atoms with E-state index < -0.39 is 24.4 Å². The van der Waals surface area contributed by atoms with Gasteiger partial charge in [0, 0.05) is 0 Å². The van der Waals surface area contributed by atoms with Crippen LogP contribution in [0.2, 0.25) is 0 Å². The van der Waals surface area contributed by atoms with Crippen molar-refractivity contribution in [1.29, 1.82) is 0 Å². The molecule has 0 saturated heterocycles. The molecule has 0 rings (SSSR count). The van der Waals surface area contributed by atoms with Gasteiger partial charge in [0.25, 0.3) is 0 Å². The third kappa shape index (κ3) is 3.14.